The van der Waals surface area contributed by atoms with E-state index in [0.29, 0.717) is 12.8 Å². The Bertz CT molecular complexity index is 603. The standard InChI is InChI=1S/C19H30ClNO6/c1-11(2)6-7-13-19(4,27-13)16-15(25-5)12(8-9-18(16,3)24)26-17(23)21-14(22)10-20/h6,12-13,15-16,24H,7-10H2,1-5H3,(H,21,22,23)/t12-,13-,15-,16+,18-,19+/m1/s1. The van der Waals surface area contributed by atoms with E-state index >= 15 is 0 Å². The molecule has 0 bridgehead atoms. The van der Waals surface area contributed by atoms with Crippen LogP contribution in [0.3, 0.4) is 0 Å². The fraction of sp³-hybridized carbons (Fsp3) is 0.789. The summed E-state index contributed by atoms with van der Waals surface area (Å²) < 4.78 is 17.1. The smallest absolute Gasteiger partial charge is 0.414 e. The lowest BCUT2D eigenvalue weighted by Gasteiger charge is -2.47. The van der Waals surface area contributed by atoms with Crippen LogP contribution < -0.4 is 5.32 Å². The molecular weight excluding hydrogens is 374 g/mol. The summed E-state index contributed by atoms with van der Waals surface area (Å²) in [5.41, 5.74) is -0.411. The lowest BCUT2D eigenvalue weighted by atomic mass is 9.66. The van der Waals surface area contributed by atoms with Crippen molar-refractivity contribution in [2.75, 3.05) is 13.0 Å². The topological polar surface area (TPSA) is 97.4 Å². The summed E-state index contributed by atoms with van der Waals surface area (Å²) in [4.78, 5) is 23.2. The summed E-state index contributed by atoms with van der Waals surface area (Å²) >= 11 is 5.39. The van der Waals surface area contributed by atoms with Crippen molar-refractivity contribution in [3.05, 3.63) is 11.6 Å². The van der Waals surface area contributed by atoms with Gasteiger partial charge in [0.25, 0.3) is 0 Å². The number of carbonyl (C=O) groups excluding carboxylic acids is 2. The Labute approximate surface area is 165 Å². The number of aliphatic hydroxyl groups is 1. The molecule has 7 nitrogen and oxygen atoms in total. The number of ether oxygens (including phenoxy) is 3. The van der Waals surface area contributed by atoms with Crippen LogP contribution in [-0.2, 0) is 19.0 Å². The van der Waals surface area contributed by atoms with Gasteiger partial charge in [0.1, 0.15) is 23.7 Å². The molecule has 27 heavy (non-hydrogen) atoms. The quantitative estimate of drug-likeness (QED) is 0.402. The molecule has 1 heterocycles. The van der Waals surface area contributed by atoms with Gasteiger partial charge in [-0.05, 0) is 47.0 Å². The Morgan fingerprint density at radius 2 is 2.04 bits per heavy atom. The van der Waals surface area contributed by atoms with Gasteiger partial charge in [-0.3, -0.25) is 10.1 Å². The molecule has 8 heteroatoms. The van der Waals surface area contributed by atoms with E-state index in [1.807, 2.05) is 20.8 Å². The highest BCUT2D eigenvalue weighted by Crippen LogP contribution is 2.54. The van der Waals surface area contributed by atoms with E-state index in [-0.39, 0.29) is 17.9 Å². The second-order valence-electron chi connectivity index (χ2n) is 8.01. The van der Waals surface area contributed by atoms with E-state index in [4.69, 9.17) is 25.8 Å². The van der Waals surface area contributed by atoms with E-state index in [1.54, 1.807) is 6.92 Å². The molecule has 0 aromatic rings. The minimum absolute atomic E-state index is 0.0353. The van der Waals surface area contributed by atoms with Gasteiger partial charge >= 0.3 is 6.09 Å². The number of imide groups is 1. The molecule has 2 fully saturated rings. The molecule has 1 aliphatic heterocycles. The van der Waals surface area contributed by atoms with Gasteiger partial charge in [0, 0.05) is 13.0 Å². The first-order valence-corrected chi connectivity index (χ1v) is 9.71. The number of amides is 2. The highest BCUT2D eigenvalue weighted by molar-refractivity contribution is 6.28. The van der Waals surface area contributed by atoms with E-state index < -0.39 is 35.4 Å². The predicted molar refractivity (Wildman–Crippen MR) is 101 cm³/mol. The third kappa shape index (κ3) is 5.02. The second kappa shape index (κ2) is 8.47. The first-order valence-electron chi connectivity index (χ1n) is 9.18. The number of alkyl halides is 1. The number of nitrogens with one attached hydrogen (secondary N) is 1. The van der Waals surface area contributed by atoms with Crippen molar-refractivity contribution in [2.45, 2.75) is 76.5 Å². The first-order chi connectivity index (χ1) is 12.5. The number of hydrogen-bond donors (Lipinski definition) is 2. The third-order valence-electron chi connectivity index (χ3n) is 5.53. The van der Waals surface area contributed by atoms with Gasteiger partial charge in [0.2, 0.25) is 5.91 Å². The number of alkyl carbamates (subject to hydrolysis) is 1. The SMILES string of the molecule is CO[C@H]1[C@H]([C@@]2(C)O[C@@H]2CC=C(C)C)[C@](C)(O)CC[C@H]1OC(=O)NC(=O)CCl. The molecule has 0 radical (unpaired) electrons. The van der Waals surface area contributed by atoms with E-state index in [2.05, 4.69) is 11.4 Å². The number of rotatable bonds is 6. The average Bonchev–Trinajstić information content (AvgIpc) is 3.24. The molecule has 154 valence electrons. The fourth-order valence-electron chi connectivity index (χ4n) is 4.17. The van der Waals surface area contributed by atoms with Crippen molar-refractivity contribution in [1.82, 2.24) is 5.32 Å². The van der Waals surface area contributed by atoms with Crippen molar-refractivity contribution in [2.24, 2.45) is 5.92 Å². The number of methoxy groups -OCH3 is 1. The largest absolute Gasteiger partial charge is 0.443 e. The maximum atomic E-state index is 11.9. The zero-order chi connectivity index (χ0) is 20.4. The number of epoxide rings is 1. The number of halogens is 1. The molecule has 1 saturated heterocycles. The third-order valence-corrected chi connectivity index (χ3v) is 5.77. The van der Waals surface area contributed by atoms with Crippen molar-refractivity contribution < 1.29 is 28.9 Å². The average molecular weight is 404 g/mol. The summed E-state index contributed by atoms with van der Waals surface area (Å²) in [6.07, 6.45) is 1.63. The minimum Gasteiger partial charge on any atom is -0.443 e. The van der Waals surface area contributed by atoms with Crippen molar-refractivity contribution in [1.29, 1.82) is 0 Å². The second-order valence-corrected chi connectivity index (χ2v) is 8.27. The lowest BCUT2D eigenvalue weighted by molar-refractivity contribution is -0.172. The van der Waals surface area contributed by atoms with E-state index in [1.165, 1.54) is 12.7 Å². The van der Waals surface area contributed by atoms with Crippen LogP contribution in [0.2, 0.25) is 0 Å². The molecule has 6 atom stereocenters. The number of carbonyl (C=O) groups is 2. The minimum atomic E-state index is -1.03. The Kier molecular flexibility index (Phi) is 6.95. The van der Waals surface area contributed by atoms with Gasteiger partial charge in [-0.25, -0.2) is 4.79 Å². The Balaban J connectivity index is 2.15. The van der Waals surface area contributed by atoms with E-state index in [0.717, 1.165) is 6.42 Å². The lowest BCUT2D eigenvalue weighted by Crippen LogP contribution is -2.59. The molecule has 2 amide bonds. The van der Waals surface area contributed by atoms with E-state index in [9.17, 15) is 14.7 Å². The van der Waals surface area contributed by atoms with Crippen molar-refractivity contribution >= 4 is 23.6 Å². The zero-order valence-corrected chi connectivity index (χ0v) is 17.3. The first kappa shape index (κ1) is 22.1. The van der Waals surface area contributed by atoms with Gasteiger partial charge in [0.15, 0.2) is 0 Å². The van der Waals surface area contributed by atoms with Crippen LogP contribution in [-0.4, -0.2) is 59.6 Å². The van der Waals surface area contributed by atoms with Gasteiger partial charge < -0.3 is 19.3 Å². The highest BCUT2D eigenvalue weighted by Gasteiger charge is 2.66. The zero-order valence-electron chi connectivity index (χ0n) is 16.6. The predicted octanol–water partition coefficient (Wildman–Crippen LogP) is 2.54. The maximum Gasteiger partial charge on any atom is 0.414 e. The van der Waals surface area contributed by atoms with Crippen molar-refractivity contribution in [3.63, 3.8) is 0 Å². The van der Waals surface area contributed by atoms with Crippen LogP contribution in [0, 0.1) is 5.92 Å². The summed E-state index contributed by atoms with van der Waals surface area (Å²) in [5.74, 6) is -1.35. The highest BCUT2D eigenvalue weighted by atomic mass is 35.5. The Morgan fingerprint density at radius 3 is 2.59 bits per heavy atom. The molecule has 0 unspecified atom stereocenters. The summed E-state index contributed by atoms with van der Waals surface area (Å²) in [6, 6.07) is 0. The molecule has 1 aliphatic carbocycles. The molecule has 2 N–H and O–H groups in total. The molecule has 1 saturated carbocycles. The maximum absolute atomic E-state index is 11.9. The molecular formula is C19H30ClNO6. The van der Waals surface area contributed by atoms with Gasteiger partial charge in [0.05, 0.1) is 11.7 Å². The van der Waals surface area contributed by atoms with Crippen LogP contribution in [0.25, 0.3) is 0 Å². The van der Waals surface area contributed by atoms with Crippen LogP contribution in [0.5, 0.6) is 0 Å². The normalized spacial score (nSPS) is 38.0. The number of hydrogen-bond acceptors (Lipinski definition) is 6. The van der Waals surface area contributed by atoms with Crippen LogP contribution in [0.1, 0.15) is 47.0 Å². The monoisotopic (exact) mass is 403 g/mol. The molecule has 0 spiro atoms. The van der Waals surface area contributed by atoms with Crippen LogP contribution in [0.4, 0.5) is 4.79 Å². The van der Waals surface area contributed by atoms with Crippen molar-refractivity contribution in [3.8, 4) is 0 Å². The van der Waals surface area contributed by atoms with Crippen LogP contribution in [0.15, 0.2) is 11.6 Å². The van der Waals surface area contributed by atoms with Crippen LogP contribution >= 0.6 is 11.6 Å². The molecule has 0 aromatic carbocycles. The van der Waals surface area contributed by atoms with Gasteiger partial charge in [-0.2, -0.15) is 0 Å². The van der Waals surface area contributed by atoms with Gasteiger partial charge in [-0.1, -0.05) is 11.6 Å². The Hall–Kier alpha value is -1.15. The summed E-state index contributed by atoms with van der Waals surface area (Å²) in [6.45, 7) is 7.78. The Morgan fingerprint density at radius 1 is 1.37 bits per heavy atom. The summed E-state index contributed by atoms with van der Waals surface area (Å²) in [5, 5.41) is 13.1. The number of allylic oxidation sites excluding steroid dienone is 1. The van der Waals surface area contributed by atoms with Gasteiger partial charge in [-0.15, -0.1) is 11.6 Å². The molecule has 2 rings (SSSR count). The molecule has 0 aromatic heterocycles. The summed E-state index contributed by atoms with van der Waals surface area (Å²) in [7, 11) is 1.52. The molecule has 2 aliphatic rings. The fourth-order valence-corrected chi connectivity index (χ4v) is 4.23.